The summed E-state index contributed by atoms with van der Waals surface area (Å²) in [4.78, 5) is 17.5. The molecule has 2 aliphatic rings. The Morgan fingerprint density at radius 1 is 1.08 bits per heavy atom. The van der Waals surface area contributed by atoms with Gasteiger partial charge in [0, 0.05) is 38.3 Å². The lowest BCUT2D eigenvalue weighted by Gasteiger charge is -2.36. The minimum Gasteiger partial charge on any atom is -0.507 e. The summed E-state index contributed by atoms with van der Waals surface area (Å²) in [6.45, 7) is 7.35. The number of benzene rings is 3. The number of ketones is 1. The lowest BCUT2D eigenvalue weighted by atomic mass is 9.99. The summed E-state index contributed by atoms with van der Waals surface area (Å²) in [6, 6.07) is 15.9. The molecule has 5 rings (SSSR count). The van der Waals surface area contributed by atoms with Crippen LogP contribution in [-0.4, -0.2) is 48.6 Å². The van der Waals surface area contributed by atoms with E-state index >= 15 is 0 Å². The molecular weight excluding hydrogens is 459 g/mol. The number of aryl methyl sites for hydroxylation is 1. The van der Waals surface area contributed by atoms with Gasteiger partial charge in [-0.15, -0.1) is 0 Å². The molecule has 0 unspecified atom stereocenters. The number of phenolic OH excluding ortho intramolecular Hbond substituents is 1. The van der Waals surface area contributed by atoms with E-state index < -0.39 is 0 Å². The van der Waals surface area contributed by atoms with E-state index in [0.717, 1.165) is 5.56 Å². The van der Waals surface area contributed by atoms with Crippen molar-refractivity contribution in [3.63, 3.8) is 0 Å². The molecule has 36 heavy (non-hydrogen) atoms. The third-order valence-corrected chi connectivity index (χ3v) is 6.67. The summed E-state index contributed by atoms with van der Waals surface area (Å²) >= 11 is 0. The predicted molar refractivity (Wildman–Crippen MR) is 137 cm³/mol. The molecule has 2 aliphatic heterocycles. The summed E-state index contributed by atoms with van der Waals surface area (Å²) in [5.41, 5.74) is 3.09. The van der Waals surface area contributed by atoms with Gasteiger partial charge in [-0.1, -0.05) is 30.3 Å². The fourth-order valence-corrected chi connectivity index (χ4v) is 4.84. The topological polar surface area (TPSA) is 62.2 Å². The van der Waals surface area contributed by atoms with Gasteiger partial charge in [0.15, 0.2) is 5.76 Å². The average Bonchev–Trinajstić information content (AvgIpc) is 3.20. The highest BCUT2D eigenvalue weighted by Gasteiger charge is 2.34. The van der Waals surface area contributed by atoms with Crippen molar-refractivity contribution in [1.82, 2.24) is 4.90 Å². The standard InChI is InChI=1S/C29H29FN2O4/c1-3-35-25-11-7-4-8-20(25)17-26-28(34)27-19(2)16-24(33)21(29(27)36-26)18-31-12-14-32(15-13-31)23-10-6-5-9-22(23)30/h4-11,16-17,33H,3,12-15,18H2,1-2H3/b26-17-. The molecule has 2 heterocycles. The van der Waals surface area contributed by atoms with Crippen LogP contribution >= 0.6 is 0 Å². The van der Waals surface area contributed by atoms with Gasteiger partial charge >= 0.3 is 0 Å². The zero-order valence-corrected chi connectivity index (χ0v) is 20.5. The fourth-order valence-electron chi connectivity index (χ4n) is 4.84. The van der Waals surface area contributed by atoms with E-state index in [0.29, 0.717) is 73.2 Å². The van der Waals surface area contributed by atoms with Gasteiger partial charge in [0.05, 0.1) is 23.4 Å². The van der Waals surface area contributed by atoms with Crippen LogP contribution in [0.4, 0.5) is 10.1 Å². The first-order valence-electron chi connectivity index (χ1n) is 12.2. The Kier molecular flexibility index (Phi) is 6.65. The third kappa shape index (κ3) is 4.54. The lowest BCUT2D eigenvalue weighted by molar-refractivity contribution is 0.101. The Morgan fingerprint density at radius 2 is 1.81 bits per heavy atom. The molecule has 186 valence electrons. The number of hydrogen-bond acceptors (Lipinski definition) is 6. The maximum absolute atomic E-state index is 14.2. The Bertz CT molecular complexity index is 1330. The van der Waals surface area contributed by atoms with E-state index in [1.54, 1.807) is 31.2 Å². The van der Waals surface area contributed by atoms with Gasteiger partial charge in [0.25, 0.3) is 0 Å². The van der Waals surface area contributed by atoms with E-state index in [4.69, 9.17) is 9.47 Å². The van der Waals surface area contributed by atoms with Crippen LogP contribution in [0.5, 0.6) is 17.2 Å². The molecule has 0 amide bonds. The molecule has 0 bridgehead atoms. The molecule has 0 spiro atoms. The molecule has 6 nitrogen and oxygen atoms in total. The molecular formula is C29H29FN2O4. The van der Waals surface area contributed by atoms with Crippen LogP contribution in [0.3, 0.4) is 0 Å². The number of ether oxygens (including phenoxy) is 2. The highest BCUT2D eigenvalue weighted by molar-refractivity contribution is 6.16. The van der Waals surface area contributed by atoms with Crippen LogP contribution < -0.4 is 14.4 Å². The van der Waals surface area contributed by atoms with Gasteiger partial charge in [-0.3, -0.25) is 9.69 Å². The summed E-state index contributed by atoms with van der Waals surface area (Å²) in [5.74, 6) is 0.959. The third-order valence-electron chi connectivity index (χ3n) is 6.67. The van der Waals surface area contributed by atoms with Crippen LogP contribution in [0.15, 0.2) is 60.4 Å². The minimum absolute atomic E-state index is 0.103. The monoisotopic (exact) mass is 488 g/mol. The lowest BCUT2D eigenvalue weighted by Crippen LogP contribution is -2.46. The summed E-state index contributed by atoms with van der Waals surface area (Å²) in [5, 5.41) is 10.8. The zero-order chi connectivity index (χ0) is 25.2. The number of carbonyl (C=O) groups is 1. The number of fused-ring (bicyclic) bond motifs is 1. The van der Waals surface area contributed by atoms with E-state index in [1.807, 2.05) is 42.2 Å². The first-order chi connectivity index (χ1) is 17.5. The van der Waals surface area contributed by atoms with Crippen molar-refractivity contribution < 1.29 is 23.8 Å². The number of phenols is 1. The number of rotatable bonds is 6. The second-order valence-electron chi connectivity index (χ2n) is 9.02. The molecule has 0 atom stereocenters. The molecule has 1 saturated heterocycles. The quantitative estimate of drug-likeness (QED) is 0.483. The second-order valence-corrected chi connectivity index (χ2v) is 9.02. The maximum Gasteiger partial charge on any atom is 0.232 e. The molecule has 0 radical (unpaired) electrons. The van der Waals surface area contributed by atoms with Crippen molar-refractivity contribution in [2.45, 2.75) is 20.4 Å². The van der Waals surface area contributed by atoms with Crippen molar-refractivity contribution in [2.75, 3.05) is 37.7 Å². The highest BCUT2D eigenvalue weighted by atomic mass is 19.1. The smallest absolute Gasteiger partial charge is 0.232 e. The molecule has 3 aromatic carbocycles. The number of Topliss-reactive ketones (excluding diaryl/α,β-unsaturated/α-hetero) is 1. The van der Waals surface area contributed by atoms with E-state index in [9.17, 15) is 14.3 Å². The van der Waals surface area contributed by atoms with Crippen molar-refractivity contribution in [2.24, 2.45) is 0 Å². The summed E-state index contributed by atoms with van der Waals surface area (Å²) in [6.07, 6.45) is 1.70. The highest BCUT2D eigenvalue weighted by Crippen LogP contribution is 2.42. The number of anilines is 1. The predicted octanol–water partition coefficient (Wildman–Crippen LogP) is 5.18. The Hall–Kier alpha value is -3.84. The SMILES string of the molecule is CCOc1ccccc1/C=C1\Oc2c(CN3CCN(c4ccccc4F)CC3)c(O)cc(C)c2C1=O. The van der Waals surface area contributed by atoms with Crippen LogP contribution in [0.2, 0.25) is 0 Å². The Balaban J connectivity index is 1.38. The average molecular weight is 489 g/mol. The van der Waals surface area contributed by atoms with Crippen molar-refractivity contribution >= 4 is 17.5 Å². The number of para-hydroxylation sites is 2. The summed E-state index contributed by atoms with van der Waals surface area (Å²) in [7, 11) is 0. The largest absolute Gasteiger partial charge is 0.507 e. The zero-order valence-electron chi connectivity index (χ0n) is 20.5. The summed E-state index contributed by atoms with van der Waals surface area (Å²) < 4.78 is 26.0. The van der Waals surface area contributed by atoms with Gasteiger partial charge in [0.2, 0.25) is 5.78 Å². The van der Waals surface area contributed by atoms with E-state index in [2.05, 4.69) is 4.90 Å². The number of piperazine rings is 1. The molecule has 0 saturated carbocycles. The van der Waals surface area contributed by atoms with Crippen molar-refractivity contribution in [3.8, 4) is 17.2 Å². The number of aromatic hydroxyl groups is 1. The van der Waals surface area contributed by atoms with E-state index in [1.165, 1.54) is 6.07 Å². The van der Waals surface area contributed by atoms with Gasteiger partial charge in [-0.2, -0.15) is 0 Å². The second kappa shape index (κ2) is 10.0. The molecule has 7 heteroatoms. The van der Waals surface area contributed by atoms with Crippen molar-refractivity contribution in [1.29, 1.82) is 0 Å². The fraction of sp³-hybridized carbons (Fsp3) is 0.276. The molecule has 1 N–H and O–H groups in total. The maximum atomic E-state index is 14.2. The number of allylic oxidation sites excluding steroid dienone is 1. The minimum atomic E-state index is -0.225. The van der Waals surface area contributed by atoms with Gasteiger partial charge < -0.3 is 19.5 Å². The van der Waals surface area contributed by atoms with Crippen LogP contribution in [-0.2, 0) is 6.54 Å². The van der Waals surface area contributed by atoms with E-state index in [-0.39, 0.29) is 23.1 Å². The number of hydrogen-bond donors (Lipinski definition) is 1. The van der Waals surface area contributed by atoms with Crippen LogP contribution in [0, 0.1) is 12.7 Å². The Morgan fingerprint density at radius 3 is 2.56 bits per heavy atom. The first-order valence-corrected chi connectivity index (χ1v) is 12.2. The molecule has 3 aromatic rings. The number of halogens is 1. The van der Waals surface area contributed by atoms with Gasteiger partial charge in [-0.25, -0.2) is 4.39 Å². The number of carbonyl (C=O) groups excluding carboxylic acids is 1. The molecule has 0 aliphatic carbocycles. The first kappa shape index (κ1) is 23.9. The normalized spacial score (nSPS) is 16.8. The van der Waals surface area contributed by atoms with Crippen LogP contribution in [0.25, 0.3) is 6.08 Å². The van der Waals surface area contributed by atoms with Crippen molar-refractivity contribution in [3.05, 3.63) is 88.4 Å². The van der Waals surface area contributed by atoms with Gasteiger partial charge in [0.1, 0.15) is 23.1 Å². The molecule has 0 aromatic heterocycles. The molecule has 1 fully saturated rings. The number of nitrogens with zero attached hydrogens (tertiary/aromatic N) is 2. The van der Waals surface area contributed by atoms with Crippen LogP contribution in [0.1, 0.15) is 34.0 Å². The van der Waals surface area contributed by atoms with Gasteiger partial charge in [-0.05, 0) is 49.8 Å². The Labute approximate surface area is 210 Å².